The number of aromatic nitrogens is 2. The average Bonchev–Trinajstić information content (AvgIpc) is 3.81. The molecule has 3 aromatic carbocycles. The molecule has 1 atom stereocenters. The molecule has 0 fully saturated rings. The lowest BCUT2D eigenvalue weighted by Gasteiger charge is -2.24. The van der Waals surface area contributed by atoms with E-state index in [9.17, 15) is 14.7 Å². The largest absolute Gasteiger partial charge is 0.503 e. The van der Waals surface area contributed by atoms with Gasteiger partial charge in [0.15, 0.2) is 27.2 Å². The molecule has 1 unspecified atom stereocenters. The number of aryl methyl sites for hydroxylation is 1. The van der Waals surface area contributed by atoms with Crippen molar-refractivity contribution >= 4 is 50.9 Å². The first kappa shape index (κ1) is 32.3. The van der Waals surface area contributed by atoms with Crippen LogP contribution in [0.3, 0.4) is 0 Å². The summed E-state index contributed by atoms with van der Waals surface area (Å²) in [6.45, 7) is 4.81. The number of unbranched alkanes of at least 4 members (excludes halogenated alkanes) is 3. The predicted molar refractivity (Wildman–Crippen MR) is 184 cm³/mol. The molecule has 1 amide bonds. The number of methoxy groups -OCH3 is 1. The first-order valence-corrected chi connectivity index (χ1v) is 17.3. The van der Waals surface area contributed by atoms with Gasteiger partial charge in [0.05, 0.1) is 25.3 Å². The van der Waals surface area contributed by atoms with E-state index in [2.05, 4.69) is 41.4 Å². The Bertz CT molecular complexity index is 1910. The third kappa shape index (κ3) is 6.91. The minimum absolute atomic E-state index is 0.0238. The Kier molecular flexibility index (Phi) is 9.93. The molecule has 0 spiro atoms. The Morgan fingerprint density at radius 3 is 2.57 bits per heavy atom. The van der Waals surface area contributed by atoms with Crippen molar-refractivity contribution in [2.75, 3.05) is 18.6 Å². The van der Waals surface area contributed by atoms with Gasteiger partial charge in [-0.05, 0) is 48.7 Å². The molecule has 9 nitrogen and oxygen atoms in total. The van der Waals surface area contributed by atoms with E-state index in [0.717, 1.165) is 31.2 Å². The number of benzene rings is 3. The summed E-state index contributed by atoms with van der Waals surface area (Å²) in [5.41, 5.74) is 3.21. The molecule has 6 rings (SSSR count). The van der Waals surface area contributed by atoms with Gasteiger partial charge in [-0.2, -0.15) is 0 Å². The smallest absolute Gasteiger partial charge is 0.296 e. The molecule has 1 aliphatic rings. The first-order chi connectivity index (χ1) is 22.9. The van der Waals surface area contributed by atoms with Gasteiger partial charge in [-0.15, -0.1) is 10.2 Å². The number of ketones is 1. The van der Waals surface area contributed by atoms with Crippen molar-refractivity contribution in [3.8, 4) is 11.5 Å². The van der Waals surface area contributed by atoms with E-state index in [1.54, 1.807) is 36.4 Å². The van der Waals surface area contributed by atoms with Crippen LogP contribution in [0.4, 0.5) is 5.13 Å². The number of amides is 1. The van der Waals surface area contributed by atoms with Crippen LogP contribution in [0.15, 0.2) is 92.9 Å². The highest BCUT2D eigenvalue weighted by atomic mass is 32.2. The minimum atomic E-state index is -0.980. The van der Waals surface area contributed by atoms with E-state index in [1.165, 1.54) is 40.7 Å². The number of aliphatic hydroxyl groups excluding tert-OH is 1. The number of nitrogens with zero attached hydrogens (tertiary/aromatic N) is 3. The second-order valence-electron chi connectivity index (χ2n) is 11.3. The summed E-state index contributed by atoms with van der Waals surface area (Å²) in [6, 6.07) is 21.4. The van der Waals surface area contributed by atoms with E-state index in [0.29, 0.717) is 44.7 Å². The van der Waals surface area contributed by atoms with E-state index < -0.39 is 23.5 Å². The van der Waals surface area contributed by atoms with Crippen LogP contribution < -0.4 is 14.4 Å². The lowest BCUT2D eigenvalue weighted by molar-refractivity contribution is -0.117. The molecular formula is C36H35N3O6S2. The molecule has 5 aromatic rings. The van der Waals surface area contributed by atoms with Crippen LogP contribution in [-0.4, -0.2) is 40.7 Å². The second-order valence-corrected chi connectivity index (χ2v) is 13.4. The topological polar surface area (TPSA) is 115 Å². The monoisotopic (exact) mass is 669 g/mol. The van der Waals surface area contributed by atoms with Gasteiger partial charge in [-0.25, -0.2) is 0 Å². The summed E-state index contributed by atoms with van der Waals surface area (Å²) in [5.74, 6) is -0.218. The molecule has 0 saturated carbocycles. The number of aliphatic hydroxyl groups is 1. The third-order valence-electron chi connectivity index (χ3n) is 7.95. The number of fused-ring (bicyclic) bond motifs is 1. The number of hydrogen-bond acceptors (Lipinski definition) is 10. The van der Waals surface area contributed by atoms with Crippen LogP contribution in [0.25, 0.3) is 11.0 Å². The Morgan fingerprint density at radius 2 is 1.83 bits per heavy atom. The number of Topliss-reactive ketones (excluding diaryl/α,β-unsaturated/α-hetero) is 1. The fraction of sp³-hybridized carbons (Fsp3) is 0.278. The highest BCUT2D eigenvalue weighted by Crippen LogP contribution is 2.45. The SMILES string of the molecule is CCCCCCOc1ccc(C2C(C(=O)c3cc4cccc(OC)c4o3)=C(O)C(=O)N2c2nnc(SCc3ccc(C)cc3)s2)cc1. The lowest BCUT2D eigenvalue weighted by atomic mass is 9.95. The number of rotatable bonds is 14. The summed E-state index contributed by atoms with van der Waals surface area (Å²) in [5, 5.41) is 20.9. The summed E-state index contributed by atoms with van der Waals surface area (Å²) >= 11 is 2.73. The maximum atomic E-state index is 14.1. The van der Waals surface area contributed by atoms with Gasteiger partial charge in [0, 0.05) is 11.1 Å². The van der Waals surface area contributed by atoms with E-state index in [1.807, 2.05) is 19.1 Å². The van der Waals surface area contributed by atoms with Crippen molar-refractivity contribution in [1.82, 2.24) is 10.2 Å². The van der Waals surface area contributed by atoms with Crippen molar-refractivity contribution in [1.29, 1.82) is 0 Å². The number of furan rings is 1. The standard InChI is InChI=1S/C36H35N3O6S2/c1-4-5-6-7-19-44-26-17-15-24(16-18-26)30-29(31(40)28-20-25-9-8-10-27(43-3)33(25)45-28)32(41)34(42)39(30)35-37-38-36(47-35)46-21-23-13-11-22(2)12-14-23/h8-18,20,30,41H,4-7,19,21H2,1-3H3. The highest BCUT2D eigenvalue weighted by molar-refractivity contribution is 8.00. The second kappa shape index (κ2) is 14.4. The number of hydrogen-bond donors (Lipinski definition) is 1. The number of thioether (sulfide) groups is 1. The molecule has 2 aromatic heterocycles. The number of para-hydroxylation sites is 1. The van der Waals surface area contributed by atoms with Crippen LogP contribution in [0.2, 0.25) is 0 Å². The van der Waals surface area contributed by atoms with Crippen molar-refractivity contribution in [2.24, 2.45) is 0 Å². The molecule has 0 bridgehead atoms. The fourth-order valence-corrected chi connectivity index (χ4v) is 7.27. The quantitative estimate of drug-likeness (QED) is 0.0537. The van der Waals surface area contributed by atoms with E-state index in [-0.39, 0.29) is 16.5 Å². The van der Waals surface area contributed by atoms with Crippen LogP contribution in [0.5, 0.6) is 11.5 Å². The fourth-order valence-electron chi connectivity index (χ4n) is 5.44. The zero-order chi connectivity index (χ0) is 32.9. The van der Waals surface area contributed by atoms with Gasteiger partial charge in [-0.3, -0.25) is 14.5 Å². The number of carbonyl (C=O) groups excluding carboxylic acids is 2. The Morgan fingerprint density at radius 1 is 1.04 bits per heavy atom. The predicted octanol–water partition coefficient (Wildman–Crippen LogP) is 8.64. The summed E-state index contributed by atoms with van der Waals surface area (Å²) in [6.07, 6.45) is 4.37. The number of anilines is 1. The molecule has 0 radical (unpaired) electrons. The molecule has 0 aliphatic carbocycles. The molecule has 242 valence electrons. The zero-order valence-electron chi connectivity index (χ0n) is 26.4. The van der Waals surface area contributed by atoms with Gasteiger partial charge >= 0.3 is 0 Å². The molecule has 11 heteroatoms. The summed E-state index contributed by atoms with van der Waals surface area (Å²) in [4.78, 5) is 29.2. The van der Waals surface area contributed by atoms with Gasteiger partial charge < -0.3 is 19.0 Å². The molecule has 47 heavy (non-hydrogen) atoms. The number of ether oxygens (including phenoxy) is 2. The molecular weight excluding hydrogens is 635 g/mol. The molecule has 0 saturated heterocycles. The third-order valence-corrected chi connectivity index (χ3v) is 10.1. The lowest BCUT2D eigenvalue weighted by Crippen LogP contribution is -2.31. The van der Waals surface area contributed by atoms with E-state index >= 15 is 0 Å². The molecule has 1 aliphatic heterocycles. The minimum Gasteiger partial charge on any atom is -0.503 e. The van der Waals surface area contributed by atoms with E-state index in [4.69, 9.17) is 13.9 Å². The maximum absolute atomic E-state index is 14.1. The first-order valence-electron chi connectivity index (χ1n) is 15.5. The van der Waals surface area contributed by atoms with Crippen LogP contribution in [0, 0.1) is 6.92 Å². The maximum Gasteiger partial charge on any atom is 0.296 e. The van der Waals surface area contributed by atoms with Crippen LogP contribution in [0.1, 0.15) is 65.9 Å². The van der Waals surface area contributed by atoms with Crippen LogP contribution in [-0.2, 0) is 10.5 Å². The highest BCUT2D eigenvalue weighted by Gasteiger charge is 2.47. The van der Waals surface area contributed by atoms with Gasteiger partial charge in [0.1, 0.15) is 5.75 Å². The normalized spacial score (nSPS) is 14.7. The summed E-state index contributed by atoms with van der Waals surface area (Å²) < 4.78 is 18.0. The molecule has 1 N–H and O–H groups in total. The Hall–Kier alpha value is -4.61. The van der Waals surface area contributed by atoms with Crippen molar-refractivity contribution < 1.29 is 28.6 Å². The van der Waals surface area contributed by atoms with Crippen LogP contribution >= 0.6 is 23.1 Å². The Labute approximate surface area is 281 Å². The average molecular weight is 670 g/mol. The van der Waals surface area contributed by atoms with Gasteiger partial charge in [0.2, 0.25) is 10.9 Å². The zero-order valence-corrected chi connectivity index (χ0v) is 28.0. The van der Waals surface area contributed by atoms with Crippen molar-refractivity contribution in [3.63, 3.8) is 0 Å². The Balaban J connectivity index is 1.32. The van der Waals surface area contributed by atoms with Gasteiger partial charge in [-0.1, -0.05) is 103 Å². The summed E-state index contributed by atoms with van der Waals surface area (Å²) in [7, 11) is 1.52. The number of carbonyl (C=O) groups is 2. The van der Waals surface area contributed by atoms with Crippen molar-refractivity contribution in [3.05, 3.63) is 107 Å². The molecule has 3 heterocycles. The van der Waals surface area contributed by atoms with Gasteiger partial charge in [0.25, 0.3) is 5.91 Å². The van der Waals surface area contributed by atoms with Crippen molar-refractivity contribution in [2.45, 2.75) is 55.7 Å².